The predicted octanol–water partition coefficient (Wildman–Crippen LogP) is 1.58. The Hall–Kier alpha value is -1.49. The fourth-order valence-electron chi connectivity index (χ4n) is 1.58. The van der Waals surface area contributed by atoms with Crippen molar-refractivity contribution in [3.05, 3.63) is 35.4 Å². The van der Waals surface area contributed by atoms with Gasteiger partial charge in [0, 0.05) is 13.6 Å². The second-order valence-electron chi connectivity index (χ2n) is 4.20. The zero-order chi connectivity index (χ0) is 13.5. The SMILES string of the molecule is CNCCCN(C)C(=O)Cc1ccc(F)c(F)c1. The maximum absolute atomic E-state index is 13.0. The lowest BCUT2D eigenvalue weighted by molar-refractivity contribution is -0.129. The number of nitrogens with zero attached hydrogens (tertiary/aromatic N) is 1. The van der Waals surface area contributed by atoms with Gasteiger partial charge in [0.1, 0.15) is 0 Å². The number of benzene rings is 1. The van der Waals surface area contributed by atoms with Gasteiger partial charge in [-0.1, -0.05) is 6.07 Å². The Labute approximate surface area is 106 Å². The van der Waals surface area contributed by atoms with Gasteiger partial charge in [0.05, 0.1) is 6.42 Å². The molecule has 5 heteroatoms. The molecule has 0 spiro atoms. The molecule has 1 N–H and O–H groups in total. The van der Waals surface area contributed by atoms with Crippen molar-refractivity contribution in [2.24, 2.45) is 0 Å². The van der Waals surface area contributed by atoms with E-state index >= 15 is 0 Å². The molecule has 0 bridgehead atoms. The molecule has 0 fully saturated rings. The second-order valence-corrected chi connectivity index (χ2v) is 4.20. The van der Waals surface area contributed by atoms with E-state index in [2.05, 4.69) is 5.32 Å². The van der Waals surface area contributed by atoms with Gasteiger partial charge in [0.2, 0.25) is 5.91 Å². The molecule has 1 amide bonds. The number of carbonyl (C=O) groups is 1. The van der Waals surface area contributed by atoms with Gasteiger partial charge in [-0.15, -0.1) is 0 Å². The molecule has 0 heterocycles. The number of nitrogens with one attached hydrogen (secondary N) is 1. The predicted molar refractivity (Wildman–Crippen MR) is 66.2 cm³/mol. The highest BCUT2D eigenvalue weighted by Crippen LogP contribution is 2.10. The van der Waals surface area contributed by atoms with Gasteiger partial charge < -0.3 is 10.2 Å². The molecule has 0 unspecified atom stereocenters. The fourth-order valence-corrected chi connectivity index (χ4v) is 1.58. The Morgan fingerprint density at radius 3 is 2.67 bits per heavy atom. The van der Waals surface area contributed by atoms with E-state index in [0.717, 1.165) is 25.1 Å². The summed E-state index contributed by atoms with van der Waals surface area (Å²) in [5.41, 5.74) is 0.486. The quantitative estimate of drug-likeness (QED) is 0.784. The van der Waals surface area contributed by atoms with Crippen LogP contribution in [0.4, 0.5) is 8.78 Å². The number of carbonyl (C=O) groups excluding carboxylic acids is 1. The van der Waals surface area contributed by atoms with Gasteiger partial charge in [-0.25, -0.2) is 8.78 Å². The van der Waals surface area contributed by atoms with Crippen LogP contribution in [0.15, 0.2) is 18.2 Å². The molecular weight excluding hydrogens is 238 g/mol. The molecule has 100 valence electrons. The molecule has 0 aliphatic rings. The number of likely N-dealkylation sites (N-methyl/N-ethyl adjacent to an activating group) is 1. The van der Waals surface area contributed by atoms with Crippen LogP contribution in [0.1, 0.15) is 12.0 Å². The molecule has 0 aliphatic carbocycles. The van der Waals surface area contributed by atoms with Crippen LogP contribution in [0, 0.1) is 11.6 Å². The van der Waals surface area contributed by atoms with Crippen molar-refractivity contribution in [1.82, 2.24) is 10.2 Å². The van der Waals surface area contributed by atoms with Crippen LogP contribution < -0.4 is 5.32 Å². The summed E-state index contributed by atoms with van der Waals surface area (Å²) in [5, 5.41) is 3.00. The van der Waals surface area contributed by atoms with E-state index in [1.54, 1.807) is 11.9 Å². The largest absolute Gasteiger partial charge is 0.345 e. The fraction of sp³-hybridized carbons (Fsp3) is 0.462. The van der Waals surface area contributed by atoms with Crippen molar-refractivity contribution in [2.45, 2.75) is 12.8 Å². The molecule has 0 aliphatic heterocycles. The van der Waals surface area contributed by atoms with Crippen LogP contribution in [0.25, 0.3) is 0 Å². The van der Waals surface area contributed by atoms with Crippen molar-refractivity contribution in [3.8, 4) is 0 Å². The molecule has 3 nitrogen and oxygen atoms in total. The van der Waals surface area contributed by atoms with E-state index in [0.29, 0.717) is 12.1 Å². The first-order valence-corrected chi connectivity index (χ1v) is 5.87. The van der Waals surface area contributed by atoms with Crippen molar-refractivity contribution >= 4 is 5.91 Å². The molecule has 0 atom stereocenters. The van der Waals surface area contributed by atoms with E-state index < -0.39 is 11.6 Å². The lowest BCUT2D eigenvalue weighted by Crippen LogP contribution is -2.30. The molecule has 1 rings (SSSR count). The van der Waals surface area contributed by atoms with E-state index in [4.69, 9.17) is 0 Å². The lowest BCUT2D eigenvalue weighted by atomic mass is 10.1. The van der Waals surface area contributed by atoms with Crippen LogP contribution in [0.2, 0.25) is 0 Å². The highest BCUT2D eigenvalue weighted by atomic mass is 19.2. The summed E-state index contributed by atoms with van der Waals surface area (Å²) in [5.74, 6) is -1.91. The molecule has 1 aromatic carbocycles. The van der Waals surface area contributed by atoms with Crippen molar-refractivity contribution in [1.29, 1.82) is 0 Å². The Morgan fingerprint density at radius 2 is 2.06 bits per heavy atom. The number of hydrogen-bond donors (Lipinski definition) is 1. The number of amides is 1. The van der Waals surface area contributed by atoms with Crippen LogP contribution in [0.3, 0.4) is 0 Å². The minimum atomic E-state index is -0.918. The third kappa shape index (κ3) is 4.41. The number of halogens is 2. The topological polar surface area (TPSA) is 32.3 Å². The average molecular weight is 256 g/mol. The van der Waals surface area contributed by atoms with Crippen LogP contribution in [-0.2, 0) is 11.2 Å². The lowest BCUT2D eigenvalue weighted by Gasteiger charge is -2.17. The van der Waals surface area contributed by atoms with E-state index in [1.807, 2.05) is 7.05 Å². The van der Waals surface area contributed by atoms with E-state index in [9.17, 15) is 13.6 Å². The van der Waals surface area contributed by atoms with Crippen molar-refractivity contribution in [2.75, 3.05) is 27.2 Å². The summed E-state index contributed by atoms with van der Waals surface area (Å²) >= 11 is 0. The van der Waals surface area contributed by atoms with E-state index in [-0.39, 0.29) is 12.3 Å². The third-order valence-electron chi connectivity index (χ3n) is 2.69. The molecular formula is C13H18F2N2O. The summed E-state index contributed by atoms with van der Waals surface area (Å²) in [7, 11) is 3.56. The highest BCUT2D eigenvalue weighted by Gasteiger charge is 2.11. The smallest absolute Gasteiger partial charge is 0.226 e. The maximum Gasteiger partial charge on any atom is 0.226 e. The third-order valence-corrected chi connectivity index (χ3v) is 2.69. The zero-order valence-electron chi connectivity index (χ0n) is 10.7. The molecule has 0 radical (unpaired) electrons. The van der Waals surface area contributed by atoms with Gasteiger partial charge in [0.25, 0.3) is 0 Å². The van der Waals surface area contributed by atoms with Gasteiger partial charge >= 0.3 is 0 Å². The van der Waals surface area contributed by atoms with Crippen LogP contribution >= 0.6 is 0 Å². The normalized spacial score (nSPS) is 10.4. The summed E-state index contributed by atoms with van der Waals surface area (Å²) in [4.78, 5) is 13.4. The Morgan fingerprint density at radius 1 is 1.33 bits per heavy atom. The van der Waals surface area contributed by atoms with Gasteiger partial charge in [-0.3, -0.25) is 4.79 Å². The molecule has 0 aromatic heterocycles. The number of rotatable bonds is 6. The minimum absolute atomic E-state index is 0.0905. The summed E-state index contributed by atoms with van der Waals surface area (Å²) in [6.07, 6.45) is 0.948. The first-order valence-electron chi connectivity index (χ1n) is 5.87. The second kappa shape index (κ2) is 7.06. The number of hydrogen-bond acceptors (Lipinski definition) is 2. The maximum atomic E-state index is 13.0. The first-order chi connectivity index (χ1) is 8.54. The molecule has 18 heavy (non-hydrogen) atoms. The van der Waals surface area contributed by atoms with E-state index in [1.165, 1.54) is 6.07 Å². The molecule has 0 saturated heterocycles. The minimum Gasteiger partial charge on any atom is -0.345 e. The standard InChI is InChI=1S/C13H18F2N2O/c1-16-6-3-7-17(2)13(18)9-10-4-5-11(14)12(15)8-10/h4-5,8,16H,3,6-7,9H2,1-2H3. The van der Waals surface area contributed by atoms with Gasteiger partial charge in [-0.05, 0) is 37.7 Å². The zero-order valence-corrected chi connectivity index (χ0v) is 10.7. The monoisotopic (exact) mass is 256 g/mol. The van der Waals surface area contributed by atoms with Crippen LogP contribution in [-0.4, -0.2) is 38.0 Å². The average Bonchev–Trinajstić information content (AvgIpc) is 2.34. The van der Waals surface area contributed by atoms with Crippen molar-refractivity contribution in [3.63, 3.8) is 0 Å². The van der Waals surface area contributed by atoms with Crippen LogP contribution in [0.5, 0.6) is 0 Å². The molecule has 1 aromatic rings. The van der Waals surface area contributed by atoms with Crippen molar-refractivity contribution < 1.29 is 13.6 Å². The Kier molecular flexibility index (Phi) is 5.71. The highest BCUT2D eigenvalue weighted by molar-refractivity contribution is 5.78. The Bertz CT molecular complexity index is 410. The summed E-state index contributed by atoms with van der Waals surface area (Å²) in [6.45, 7) is 1.48. The van der Waals surface area contributed by atoms with Gasteiger partial charge in [0.15, 0.2) is 11.6 Å². The summed E-state index contributed by atoms with van der Waals surface area (Å²) < 4.78 is 25.7. The summed E-state index contributed by atoms with van der Waals surface area (Å²) in [6, 6.07) is 3.53. The Balaban J connectivity index is 2.50. The molecule has 0 saturated carbocycles. The first kappa shape index (κ1) is 14.6. The van der Waals surface area contributed by atoms with Gasteiger partial charge in [-0.2, -0.15) is 0 Å².